The molecule has 0 spiro atoms. The van der Waals surface area contributed by atoms with Crippen molar-refractivity contribution in [3.63, 3.8) is 0 Å². The maximum atomic E-state index is 12.2. The van der Waals surface area contributed by atoms with E-state index in [0.717, 1.165) is 0 Å². The fourth-order valence-corrected chi connectivity index (χ4v) is 2.79. The van der Waals surface area contributed by atoms with Crippen LogP contribution in [0.1, 0.15) is 33.6 Å². The second-order valence-electron chi connectivity index (χ2n) is 5.61. The van der Waals surface area contributed by atoms with Crippen molar-refractivity contribution in [2.45, 2.75) is 33.6 Å². The van der Waals surface area contributed by atoms with Gasteiger partial charge in [0.15, 0.2) is 0 Å². The second kappa shape index (κ2) is 5.89. The molecule has 0 bridgehead atoms. The van der Waals surface area contributed by atoms with Crippen molar-refractivity contribution < 1.29 is 19.2 Å². The number of carbonyl (C=O) groups excluding carboxylic acids is 4. The number of hydrogen-bond acceptors (Lipinski definition) is 4. The van der Waals surface area contributed by atoms with E-state index < -0.39 is 16.7 Å². The molecule has 0 unspecified atom stereocenters. The molecule has 2 atom stereocenters. The fourth-order valence-electron chi connectivity index (χ4n) is 2.79. The van der Waals surface area contributed by atoms with Gasteiger partial charge in [-0.2, -0.15) is 0 Å². The minimum Gasteiger partial charge on any atom is -0.277 e. The average Bonchev–Trinajstić information content (AvgIpc) is 2.65. The molecule has 0 radical (unpaired) electrons. The summed E-state index contributed by atoms with van der Waals surface area (Å²) < 4.78 is 0. The topological polar surface area (TPSA) is 116 Å². The van der Waals surface area contributed by atoms with E-state index in [1.54, 1.807) is 6.92 Å². The van der Waals surface area contributed by atoms with Gasteiger partial charge < -0.3 is 0 Å². The SMILES string of the molecule is CC1(C)[C@H](C(=O)NNC=O)CC[C@]1(C)C(=O)NNC=O. The van der Waals surface area contributed by atoms with Crippen molar-refractivity contribution in [3.05, 3.63) is 0 Å². The lowest BCUT2D eigenvalue weighted by molar-refractivity contribution is -0.141. The molecule has 0 heterocycles. The normalized spacial score (nSPS) is 27.2. The number of hydrogen-bond donors (Lipinski definition) is 4. The van der Waals surface area contributed by atoms with Crippen molar-refractivity contribution in [3.8, 4) is 0 Å². The van der Waals surface area contributed by atoms with Crippen LogP contribution < -0.4 is 21.7 Å². The summed E-state index contributed by atoms with van der Waals surface area (Å²) in [5.74, 6) is -1.09. The predicted octanol–water partition coefficient (Wildman–Crippen LogP) is -1.02. The predicted molar refractivity (Wildman–Crippen MR) is 69.3 cm³/mol. The Morgan fingerprint density at radius 1 is 1.05 bits per heavy atom. The first-order valence-corrected chi connectivity index (χ1v) is 6.30. The average molecular weight is 284 g/mol. The third kappa shape index (κ3) is 2.59. The molecule has 1 aliphatic carbocycles. The third-order valence-electron chi connectivity index (χ3n) is 4.54. The van der Waals surface area contributed by atoms with Crippen molar-refractivity contribution in [1.29, 1.82) is 0 Å². The molecule has 8 heteroatoms. The molecule has 1 fully saturated rings. The van der Waals surface area contributed by atoms with Crippen LogP contribution in [-0.2, 0) is 19.2 Å². The smallest absolute Gasteiger partial charge is 0.244 e. The molecule has 0 aromatic heterocycles. The van der Waals surface area contributed by atoms with Crippen LogP contribution >= 0.6 is 0 Å². The molecule has 4 amide bonds. The minimum atomic E-state index is -0.799. The number of amides is 4. The van der Waals surface area contributed by atoms with E-state index in [4.69, 9.17) is 0 Å². The Labute approximate surface area is 117 Å². The van der Waals surface area contributed by atoms with Crippen LogP contribution in [0.25, 0.3) is 0 Å². The minimum absolute atomic E-state index is 0.332. The summed E-state index contributed by atoms with van der Waals surface area (Å²) >= 11 is 0. The number of carbonyl (C=O) groups is 4. The first-order valence-electron chi connectivity index (χ1n) is 6.30. The summed E-state index contributed by atoms with van der Waals surface area (Å²) in [6, 6.07) is 0. The number of nitrogens with one attached hydrogen (secondary N) is 4. The lowest BCUT2D eigenvalue weighted by Gasteiger charge is -2.39. The molecular formula is C12H20N4O4. The zero-order valence-electron chi connectivity index (χ0n) is 11.8. The van der Waals surface area contributed by atoms with Gasteiger partial charge in [-0.1, -0.05) is 20.8 Å². The highest BCUT2D eigenvalue weighted by Crippen LogP contribution is 2.55. The van der Waals surface area contributed by atoms with Crippen molar-refractivity contribution in [2.75, 3.05) is 0 Å². The van der Waals surface area contributed by atoms with Gasteiger partial charge in [0, 0.05) is 5.92 Å². The van der Waals surface area contributed by atoms with E-state index in [0.29, 0.717) is 25.7 Å². The zero-order valence-corrected chi connectivity index (χ0v) is 11.8. The molecular weight excluding hydrogens is 264 g/mol. The Kier molecular flexibility index (Phi) is 4.69. The highest BCUT2D eigenvalue weighted by Gasteiger charge is 2.58. The molecule has 1 saturated carbocycles. The van der Waals surface area contributed by atoms with Crippen molar-refractivity contribution in [2.24, 2.45) is 16.7 Å². The quantitative estimate of drug-likeness (QED) is 0.369. The summed E-state index contributed by atoms with van der Waals surface area (Å²) in [4.78, 5) is 44.7. The first-order chi connectivity index (χ1) is 9.31. The van der Waals surface area contributed by atoms with E-state index >= 15 is 0 Å². The van der Waals surface area contributed by atoms with Gasteiger partial charge in [0.25, 0.3) is 0 Å². The molecule has 0 saturated heterocycles. The molecule has 0 aromatic rings. The summed E-state index contributed by atoms with van der Waals surface area (Å²) in [5.41, 5.74) is 7.41. The summed E-state index contributed by atoms with van der Waals surface area (Å²) in [7, 11) is 0. The highest BCUT2D eigenvalue weighted by molar-refractivity contribution is 5.87. The van der Waals surface area contributed by atoms with Crippen LogP contribution in [0.2, 0.25) is 0 Å². The zero-order chi connectivity index (χ0) is 15.4. The van der Waals surface area contributed by atoms with E-state index in [1.807, 2.05) is 13.8 Å². The molecule has 0 aliphatic heterocycles. The lowest BCUT2D eigenvalue weighted by Crippen LogP contribution is -2.53. The largest absolute Gasteiger partial charge is 0.277 e. The van der Waals surface area contributed by atoms with Gasteiger partial charge in [0.1, 0.15) is 0 Å². The van der Waals surface area contributed by atoms with E-state index in [1.165, 1.54) is 0 Å². The lowest BCUT2D eigenvalue weighted by atomic mass is 9.65. The van der Waals surface area contributed by atoms with Gasteiger partial charge in [0.05, 0.1) is 5.41 Å². The van der Waals surface area contributed by atoms with E-state index in [2.05, 4.69) is 21.7 Å². The van der Waals surface area contributed by atoms with Crippen molar-refractivity contribution in [1.82, 2.24) is 21.7 Å². The van der Waals surface area contributed by atoms with Gasteiger partial charge >= 0.3 is 0 Å². The van der Waals surface area contributed by atoms with Gasteiger partial charge in [-0.05, 0) is 18.3 Å². The van der Waals surface area contributed by atoms with Crippen LogP contribution in [0.4, 0.5) is 0 Å². The fraction of sp³-hybridized carbons (Fsp3) is 0.667. The maximum Gasteiger partial charge on any atom is 0.244 e. The van der Waals surface area contributed by atoms with Gasteiger partial charge in [-0.15, -0.1) is 0 Å². The standard InChI is InChI=1S/C12H20N4O4/c1-11(2)8(9(19)15-13-6-17)4-5-12(11,3)10(20)16-14-7-18/h6-8H,4-5H2,1-3H3,(H,13,17)(H,14,18)(H,15,19)(H,16,20)/t8-,12+/m0/s1. The maximum absolute atomic E-state index is 12.2. The van der Waals surface area contributed by atoms with Crippen LogP contribution in [0.5, 0.6) is 0 Å². The molecule has 1 aliphatic rings. The van der Waals surface area contributed by atoms with E-state index in [-0.39, 0.29) is 11.8 Å². The second-order valence-corrected chi connectivity index (χ2v) is 5.61. The van der Waals surface area contributed by atoms with Gasteiger partial charge in [0.2, 0.25) is 24.6 Å². The van der Waals surface area contributed by atoms with Crippen LogP contribution in [0.15, 0.2) is 0 Å². The highest BCUT2D eigenvalue weighted by atomic mass is 16.2. The molecule has 1 rings (SSSR count). The molecule has 8 nitrogen and oxygen atoms in total. The Hall–Kier alpha value is -2.12. The summed E-state index contributed by atoms with van der Waals surface area (Å²) in [5, 5.41) is 0. The number of rotatable bonds is 6. The third-order valence-corrected chi connectivity index (χ3v) is 4.54. The first kappa shape index (κ1) is 15.9. The van der Waals surface area contributed by atoms with Crippen molar-refractivity contribution >= 4 is 24.6 Å². The Morgan fingerprint density at radius 3 is 2.15 bits per heavy atom. The van der Waals surface area contributed by atoms with Gasteiger partial charge in [-0.25, -0.2) is 0 Å². The Morgan fingerprint density at radius 2 is 1.60 bits per heavy atom. The Balaban J connectivity index is 2.87. The summed E-state index contributed by atoms with van der Waals surface area (Å²) in [6.45, 7) is 5.41. The number of hydrazine groups is 2. The van der Waals surface area contributed by atoms with Crippen LogP contribution in [0.3, 0.4) is 0 Å². The van der Waals surface area contributed by atoms with Crippen LogP contribution in [0, 0.1) is 16.7 Å². The molecule has 112 valence electrons. The van der Waals surface area contributed by atoms with Gasteiger partial charge in [-0.3, -0.25) is 40.9 Å². The Bertz CT molecular complexity index is 424. The molecule has 20 heavy (non-hydrogen) atoms. The van der Waals surface area contributed by atoms with E-state index in [9.17, 15) is 19.2 Å². The monoisotopic (exact) mass is 284 g/mol. The molecule has 0 aromatic carbocycles. The summed E-state index contributed by atoms with van der Waals surface area (Å²) in [6.07, 6.45) is 1.77. The van der Waals surface area contributed by atoms with Crippen LogP contribution in [-0.4, -0.2) is 24.6 Å². The molecule has 4 N–H and O–H groups in total.